The van der Waals surface area contributed by atoms with E-state index in [0.717, 1.165) is 42.5 Å². The normalized spacial score (nSPS) is 20.4. The van der Waals surface area contributed by atoms with Gasteiger partial charge < -0.3 is 10.2 Å². The van der Waals surface area contributed by atoms with Crippen molar-refractivity contribution in [3.8, 4) is 0 Å². The maximum atomic E-state index is 4.79. The molecule has 1 aliphatic heterocycles. The molecule has 128 valence electrons. The lowest BCUT2D eigenvalue weighted by molar-refractivity contribution is 0.779. The van der Waals surface area contributed by atoms with Crippen LogP contribution >= 0.6 is 0 Å². The summed E-state index contributed by atoms with van der Waals surface area (Å²) in [6, 6.07) is 6.27. The van der Waals surface area contributed by atoms with E-state index in [-0.39, 0.29) is 0 Å². The third-order valence-corrected chi connectivity index (χ3v) is 4.86. The Morgan fingerprint density at radius 2 is 2.04 bits per heavy atom. The van der Waals surface area contributed by atoms with Crippen LogP contribution in [-0.4, -0.2) is 48.9 Å². The minimum Gasteiger partial charge on any atom is -0.353 e. The number of aryl methyl sites for hydroxylation is 1. The SMILES string of the molecule is Cc1ccnc(NC2CCN(c3ccc4nnc(C5CC5)n4n3)C2)n1. The quantitative estimate of drug-likeness (QED) is 0.777. The van der Waals surface area contributed by atoms with Gasteiger partial charge in [-0.2, -0.15) is 4.52 Å². The van der Waals surface area contributed by atoms with Crippen LogP contribution in [0.25, 0.3) is 5.65 Å². The molecule has 2 fully saturated rings. The van der Waals surface area contributed by atoms with Gasteiger partial charge in [-0.25, -0.2) is 9.97 Å². The summed E-state index contributed by atoms with van der Waals surface area (Å²) in [4.78, 5) is 11.0. The van der Waals surface area contributed by atoms with Crippen LogP contribution in [0.1, 0.15) is 36.7 Å². The van der Waals surface area contributed by atoms with Crippen molar-refractivity contribution in [1.82, 2.24) is 29.8 Å². The fourth-order valence-electron chi connectivity index (χ4n) is 3.35. The van der Waals surface area contributed by atoms with Crippen LogP contribution in [0.15, 0.2) is 24.4 Å². The van der Waals surface area contributed by atoms with Crippen molar-refractivity contribution in [3.05, 3.63) is 35.9 Å². The van der Waals surface area contributed by atoms with Gasteiger partial charge in [0, 0.05) is 36.9 Å². The second-order valence-electron chi connectivity index (χ2n) is 6.89. The van der Waals surface area contributed by atoms with E-state index >= 15 is 0 Å². The van der Waals surface area contributed by atoms with Crippen LogP contribution < -0.4 is 10.2 Å². The van der Waals surface area contributed by atoms with Crippen molar-refractivity contribution in [2.75, 3.05) is 23.3 Å². The number of nitrogens with one attached hydrogen (secondary N) is 1. The Morgan fingerprint density at radius 1 is 1.12 bits per heavy atom. The van der Waals surface area contributed by atoms with Crippen LogP contribution in [0.4, 0.5) is 11.8 Å². The van der Waals surface area contributed by atoms with E-state index in [4.69, 9.17) is 5.10 Å². The Labute approximate surface area is 145 Å². The average molecular weight is 336 g/mol. The monoisotopic (exact) mass is 336 g/mol. The number of anilines is 2. The molecular weight excluding hydrogens is 316 g/mol. The molecule has 0 radical (unpaired) electrons. The zero-order valence-electron chi connectivity index (χ0n) is 14.1. The summed E-state index contributed by atoms with van der Waals surface area (Å²) in [6.45, 7) is 3.82. The summed E-state index contributed by atoms with van der Waals surface area (Å²) in [5, 5.41) is 16.8. The lowest BCUT2D eigenvalue weighted by Crippen LogP contribution is -2.27. The van der Waals surface area contributed by atoms with Gasteiger partial charge in [0.2, 0.25) is 5.95 Å². The van der Waals surface area contributed by atoms with Crippen LogP contribution in [0.3, 0.4) is 0 Å². The number of aromatic nitrogens is 6. The first kappa shape index (κ1) is 14.6. The summed E-state index contributed by atoms with van der Waals surface area (Å²) < 4.78 is 1.91. The molecule has 8 nitrogen and oxygen atoms in total. The average Bonchev–Trinajstić information content (AvgIpc) is 3.20. The van der Waals surface area contributed by atoms with Crippen molar-refractivity contribution >= 4 is 17.4 Å². The minimum atomic E-state index is 0.322. The lowest BCUT2D eigenvalue weighted by Gasteiger charge is -2.18. The summed E-state index contributed by atoms with van der Waals surface area (Å²) in [6.07, 6.45) is 5.21. The van der Waals surface area contributed by atoms with Crippen molar-refractivity contribution in [2.45, 2.75) is 38.1 Å². The maximum Gasteiger partial charge on any atom is 0.223 e. The zero-order valence-corrected chi connectivity index (χ0v) is 14.1. The van der Waals surface area contributed by atoms with E-state index in [1.165, 1.54) is 12.8 Å². The van der Waals surface area contributed by atoms with Gasteiger partial charge in [-0.05, 0) is 44.4 Å². The number of rotatable bonds is 4. The molecule has 3 aromatic rings. The fourth-order valence-corrected chi connectivity index (χ4v) is 3.35. The first-order valence-electron chi connectivity index (χ1n) is 8.80. The molecular formula is C17H20N8. The van der Waals surface area contributed by atoms with Crippen LogP contribution in [0, 0.1) is 6.92 Å². The second kappa shape index (κ2) is 5.65. The molecule has 4 heterocycles. The van der Waals surface area contributed by atoms with Gasteiger partial charge in [-0.15, -0.1) is 15.3 Å². The topological polar surface area (TPSA) is 84.1 Å². The maximum absolute atomic E-state index is 4.79. The molecule has 1 aliphatic carbocycles. The Bertz CT molecular complexity index is 916. The van der Waals surface area contributed by atoms with Crippen molar-refractivity contribution in [3.63, 3.8) is 0 Å². The van der Waals surface area contributed by atoms with E-state index in [2.05, 4.69) is 30.4 Å². The predicted molar refractivity (Wildman–Crippen MR) is 93.8 cm³/mol. The van der Waals surface area contributed by atoms with Crippen molar-refractivity contribution < 1.29 is 0 Å². The molecule has 5 rings (SSSR count). The van der Waals surface area contributed by atoms with Crippen molar-refractivity contribution in [1.29, 1.82) is 0 Å². The highest BCUT2D eigenvalue weighted by molar-refractivity contribution is 5.47. The molecule has 25 heavy (non-hydrogen) atoms. The van der Waals surface area contributed by atoms with Crippen LogP contribution in [0.2, 0.25) is 0 Å². The highest BCUT2D eigenvalue weighted by Gasteiger charge is 2.30. The van der Waals surface area contributed by atoms with E-state index in [1.54, 1.807) is 6.20 Å². The molecule has 8 heteroatoms. The fraction of sp³-hybridized carbons (Fsp3) is 0.471. The van der Waals surface area contributed by atoms with Crippen LogP contribution in [0.5, 0.6) is 0 Å². The molecule has 1 saturated heterocycles. The molecule has 1 saturated carbocycles. The summed E-state index contributed by atoms with van der Waals surface area (Å²) in [7, 11) is 0. The van der Waals surface area contributed by atoms with E-state index < -0.39 is 0 Å². The Balaban J connectivity index is 1.34. The Hall–Kier alpha value is -2.77. The predicted octanol–water partition coefficient (Wildman–Crippen LogP) is 1.79. The standard InChI is InChI=1S/C17H20N8/c1-11-6-8-18-17(19-11)20-13-7-9-24(10-13)15-5-4-14-21-22-16(12-2-3-12)25(14)23-15/h4-6,8,12-13H,2-3,7,9-10H2,1H3,(H,18,19,20). The highest BCUT2D eigenvalue weighted by Crippen LogP contribution is 2.38. The molecule has 0 aromatic carbocycles. The zero-order chi connectivity index (χ0) is 16.8. The molecule has 1 unspecified atom stereocenters. The number of nitrogens with zero attached hydrogens (tertiary/aromatic N) is 7. The molecule has 1 N–H and O–H groups in total. The van der Waals surface area contributed by atoms with Gasteiger partial charge in [-0.1, -0.05) is 0 Å². The molecule has 2 aliphatic rings. The molecule has 0 bridgehead atoms. The summed E-state index contributed by atoms with van der Waals surface area (Å²) in [5.41, 5.74) is 1.80. The van der Waals surface area contributed by atoms with Gasteiger partial charge in [-0.3, -0.25) is 0 Å². The smallest absolute Gasteiger partial charge is 0.223 e. The molecule has 3 aromatic heterocycles. The van der Waals surface area contributed by atoms with E-state index in [1.807, 2.05) is 29.6 Å². The largest absolute Gasteiger partial charge is 0.353 e. The highest BCUT2D eigenvalue weighted by atomic mass is 15.4. The number of hydrogen-bond donors (Lipinski definition) is 1. The van der Waals surface area contributed by atoms with E-state index in [9.17, 15) is 0 Å². The first-order valence-corrected chi connectivity index (χ1v) is 8.80. The minimum absolute atomic E-state index is 0.322. The molecule has 0 amide bonds. The van der Waals surface area contributed by atoms with Gasteiger partial charge in [0.25, 0.3) is 0 Å². The summed E-state index contributed by atoms with van der Waals surface area (Å²) in [5.74, 6) is 3.21. The molecule has 0 spiro atoms. The van der Waals surface area contributed by atoms with Crippen LogP contribution in [-0.2, 0) is 0 Å². The van der Waals surface area contributed by atoms with Gasteiger partial charge in [0.05, 0.1) is 0 Å². The third-order valence-electron chi connectivity index (χ3n) is 4.86. The Morgan fingerprint density at radius 3 is 2.88 bits per heavy atom. The van der Waals surface area contributed by atoms with Crippen molar-refractivity contribution in [2.24, 2.45) is 0 Å². The van der Waals surface area contributed by atoms with Gasteiger partial charge in [0.1, 0.15) is 5.82 Å². The van der Waals surface area contributed by atoms with Gasteiger partial charge >= 0.3 is 0 Å². The van der Waals surface area contributed by atoms with E-state index in [0.29, 0.717) is 17.9 Å². The number of hydrogen-bond acceptors (Lipinski definition) is 7. The Kier molecular flexibility index (Phi) is 3.29. The third kappa shape index (κ3) is 2.77. The number of fused-ring (bicyclic) bond motifs is 1. The first-order chi connectivity index (χ1) is 12.3. The van der Waals surface area contributed by atoms with Gasteiger partial charge in [0.15, 0.2) is 11.5 Å². The second-order valence-corrected chi connectivity index (χ2v) is 6.89. The molecule has 1 atom stereocenters. The summed E-state index contributed by atoms with van der Waals surface area (Å²) >= 11 is 0. The lowest BCUT2D eigenvalue weighted by atomic mass is 10.3.